The third-order valence-corrected chi connectivity index (χ3v) is 7.60. The minimum Gasteiger partial charge on any atom is -0.330 e. The van der Waals surface area contributed by atoms with Crippen LogP contribution in [0.15, 0.2) is 47.7 Å². The second-order valence-electron chi connectivity index (χ2n) is 9.21. The second-order valence-corrected chi connectivity index (χ2v) is 9.21. The highest BCUT2D eigenvalue weighted by Gasteiger charge is 2.53. The van der Waals surface area contributed by atoms with E-state index in [-0.39, 0.29) is 30.1 Å². The molecule has 3 aliphatic carbocycles. The molecule has 0 unspecified atom stereocenters. The lowest BCUT2D eigenvalue weighted by Gasteiger charge is -2.51. The number of alkyl halides is 3. The van der Waals surface area contributed by atoms with E-state index >= 15 is 0 Å². The van der Waals surface area contributed by atoms with Crippen LogP contribution in [0.4, 0.5) is 17.6 Å². The van der Waals surface area contributed by atoms with Crippen LogP contribution in [0.2, 0.25) is 0 Å². The summed E-state index contributed by atoms with van der Waals surface area (Å²) < 4.78 is 56.0. The van der Waals surface area contributed by atoms with Gasteiger partial charge in [-0.25, -0.2) is 9.07 Å². The minimum absolute atomic E-state index is 0.00175. The van der Waals surface area contributed by atoms with E-state index in [0.717, 1.165) is 28.9 Å². The molecule has 1 heterocycles. The van der Waals surface area contributed by atoms with Crippen LogP contribution < -0.4 is 5.73 Å². The van der Waals surface area contributed by atoms with E-state index < -0.39 is 18.0 Å². The molecule has 0 radical (unpaired) electrons. The Bertz CT molecular complexity index is 1060. The van der Waals surface area contributed by atoms with Gasteiger partial charge in [-0.1, -0.05) is 24.1 Å². The van der Waals surface area contributed by atoms with Gasteiger partial charge in [-0.3, -0.25) is 0 Å². The van der Waals surface area contributed by atoms with Crippen molar-refractivity contribution in [3.8, 4) is 5.69 Å². The van der Waals surface area contributed by atoms with E-state index in [1.54, 1.807) is 12.1 Å². The molecule has 3 aliphatic rings. The lowest BCUT2D eigenvalue weighted by molar-refractivity contribution is -0.193. The molecule has 0 amide bonds. The topological polar surface area (TPSA) is 43.8 Å². The van der Waals surface area contributed by atoms with Crippen LogP contribution in [0, 0.1) is 29.0 Å². The van der Waals surface area contributed by atoms with E-state index in [1.165, 1.54) is 17.7 Å². The Kier molecular flexibility index (Phi) is 4.66. The fourth-order valence-corrected chi connectivity index (χ4v) is 6.04. The highest BCUT2D eigenvalue weighted by molar-refractivity contribution is 5.63. The third-order valence-electron chi connectivity index (χ3n) is 7.60. The zero-order chi connectivity index (χ0) is 22.0. The average Bonchev–Trinajstić information content (AvgIpc) is 3.13. The van der Waals surface area contributed by atoms with Crippen molar-refractivity contribution in [1.29, 1.82) is 0 Å². The SMILES string of the molecule is C[C@]12Cc3cnn(-c4ccc(F)cc4)c3C=C1CC[C@H]1C2=CC[C@@H](C(F)(F)F)[C@@H]1CN. The first-order valence-electron chi connectivity index (χ1n) is 10.7. The molecule has 7 heteroatoms. The molecule has 0 saturated heterocycles. The molecule has 0 bridgehead atoms. The summed E-state index contributed by atoms with van der Waals surface area (Å²) in [6.07, 6.45) is 3.71. The second kappa shape index (κ2) is 7.05. The molecule has 3 nitrogen and oxygen atoms in total. The van der Waals surface area contributed by atoms with Crippen molar-refractivity contribution < 1.29 is 17.6 Å². The Morgan fingerprint density at radius 3 is 2.65 bits per heavy atom. The molecule has 164 valence electrons. The summed E-state index contributed by atoms with van der Waals surface area (Å²) in [5.41, 5.74) is 10.7. The minimum atomic E-state index is -4.22. The molecule has 2 N–H and O–H groups in total. The first-order chi connectivity index (χ1) is 14.7. The maximum atomic E-state index is 13.6. The van der Waals surface area contributed by atoms with Crippen LogP contribution in [0.25, 0.3) is 11.8 Å². The van der Waals surface area contributed by atoms with Crippen molar-refractivity contribution in [2.45, 2.75) is 38.8 Å². The number of hydrogen-bond donors (Lipinski definition) is 1. The first kappa shape index (κ1) is 20.5. The van der Waals surface area contributed by atoms with E-state index in [1.807, 2.05) is 17.0 Å². The summed E-state index contributed by atoms with van der Waals surface area (Å²) in [6.45, 7) is 2.20. The van der Waals surface area contributed by atoms with Crippen molar-refractivity contribution in [2.24, 2.45) is 28.9 Å². The summed E-state index contributed by atoms with van der Waals surface area (Å²) in [5, 5.41) is 4.53. The van der Waals surface area contributed by atoms with Crippen molar-refractivity contribution >= 4 is 6.08 Å². The number of allylic oxidation sites excluding steroid dienone is 3. The maximum absolute atomic E-state index is 13.6. The number of aromatic nitrogens is 2. The van der Waals surface area contributed by atoms with E-state index in [4.69, 9.17) is 5.73 Å². The molecule has 1 aromatic carbocycles. The summed E-state index contributed by atoms with van der Waals surface area (Å²) >= 11 is 0. The van der Waals surface area contributed by atoms with Crippen LogP contribution in [-0.4, -0.2) is 22.5 Å². The predicted octanol–water partition coefficient (Wildman–Crippen LogP) is 5.45. The normalized spacial score (nSPS) is 30.1. The monoisotopic (exact) mass is 431 g/mol. The maximum Gasteiger partial charge on any atom is 0.392 e. The van der Waals surface area contributed by atoms with Crippen molar-refractivity contribution in [1.82, 2.24) is 9.78 Å². The van der Waals surface area contributed by atoms with Gasteiger partial charge in [0.15, 0.2) is 0 Å². The van der Waals surface area contributed by atoms with Gasteiger partial charge in [0.25, 0.3) is 0 Å². The lowest BCUT2D eigenvalue weighted by Crippen LogP contribution is -2.47. The summed E-state index contributed by atoms with van der Waals surface area (Å²) in [4.78, 5) is 0. The predicted molar refractivity (Wildman–Crippen MR) is 111 cm³/mol. The van der Waals surface area contributed by atoms with Gasteiger partial charge in [-0.05, 0) is 80.0 Å². The smallest absolute Gasteiger partial charge is 0.330 e. The Hall–Kier alpha value is -2.41. The Morgan fingerprint density at radius 1 is 1.23 bits per heavy atom. The van der Waals surface area contributed by atoms with Crippen LogP contribution >= 0.6 is 0 Å². The fourth-order valence-electron chi connectivity index (χ4n) is 6.04. The summed E-state index contributed by atoms with van der Waals surface area (Å²) in [6, 6.07) is 6.20. The third kappa shape index (κ3) is 3.16. The van der Waals surface area contributed by atoms with Gasteiger partial charge in [0.1, 0.15) is 5.82 Å². The largest absolute Gasteiger partial charge is 0.392 e. The van der Waals surface area contributed by atoms with Crippen molar-refractivity contribution in [3.63, 3.8) is 0 Å². The Morgan fingerprint density at radius 2 is 1.97 bits per heavy atom. The summed E-state index contributed by atoms with van der Waals surface area (Å²) in [5.74, 6) is -2.37. The van der Waals surface area contributed by atoms with E-state index in [0.29, 0.717) is 12.8 Å². The quantitative estimate of drug-likeness (QED) is 0.508. The number of nitrogens with two attached hydrogens (primary N) is 1. The zero-order valence-corrected chi connectivity index (χ0v) is 17.3. The lowest BCUT2D eigenvalue weighted by atomic mass is 9.54. The van der Waals surface area contributed by atoms with Gasteiger partial charge < -0.3 is 5.73 Å². The van der Waals surface area contributed by atoms with Crippen LogP contribution in [0.1, 0.15) is 37.4 Å². The van der Waals surface area contributed by atoms with E-state index in [2.05, 4.69) is 18.1 Å². The number of benzene rings is 1. The Balaban J connectivity index is 1.54. The fraction of sp³-hybridized carbons (Fsp3) is 0.458. The molecular formula is C24H25F4N3. The molecule has 31 heavy (non-hydrogen) atoms. The van der Waals surface area contributed by atoms with Gasteiger partial charge in [0.05, 0.1) is 23.5 Å². The zero-order valence-electron chi connectivity index (χ0n) is 17.3. The molecule has 1 aromatic heterocycles. The molecule has 5 rings (SSSR count). The van der Waals surface area contributed by atoms with Gasteiger partial charge in [-0.2, -0.15) is 18.3 Å². The summed E-state index contributed by atoms with van der Waals surface area (Å²) in [7, 11) is 0. The van der Waals surface area contributed by atoms with Crippen LogP contribution in [0.5, 0.6) is 0 Å². The molecule has 1 saturated carbocycles. The highest BCUT2D eigenvalue weighted by Crippen LogP contribution is 2.58. The first-order valence-corrected chi connectivity index (χ1v) is 10.7. The molecule has 4 atom stereocenters. The van der Waals surface area contributed by atoms with Gasteiger partial charge in [-0.15, -0.1) is 0 Å². The average molecular weight is 431 g/mol. The number of halogens is 4. The number of hydrogen-bond acceptors (Lipinski definition) is 2. The molecule has 1 fully saturated rings. The Labute approximate surface area is 178 Å². The van der Waals surface area contributed by atoms with Gasteiger partial charge in [0, 0.05) is 5.41 Å². The molecular weight excluding hydrogens is 406 g/mol. The number of rotatable bonds is 2. The standard InChI is InChI=1S/C24H25F4N3/c1-23-11-14-13-30-31(17-5-3-16(25)4-6-17)22(14)10-15(23)2-7-18-19(12-29)21(24(26,27)28)9-8-20(18)23/h3-6,8,10,13,18-19,21H,2,7,9,11-12,29H2,1H3/t18-,19-,21-,23+/m1/s1. The number of nitrogens with zero attached hydrogens (tertiary/aromatic N) is 2. The van der Waals surface area contributed by atoms with E-state index in [9.17, 15) is 17.6 Å². The van der Waals surface area contributed by atoms with Crippen LogP contribution in [-0.2, 0) is 6.42 Å². The number of fused-ring (bicyclic) bond motifs is 4. The molecule has 0 aliphatic heterocycles. The van der Waals surface area contributed by atoms with Crippen molar-refractivity contribution in [2.75, 3.05) is 6.54 Å². The molecule has 0 spiro atoms. The van der Waals surface area contributed by atoms with Gasteiger partial charge >= 0.3 is 6.18 Å². The van der Waals surface area contributed by atoms with Crippen LogP contribution in [0.3, 0.4) is 0 Å². The molecule has 2 aromatic rings. The van der Waals surface area contributed by atoms with Gasteiger partial charge in [0.2, 0.25) is 0 Å². The highest BCUT2D eigenvalue weighted by atomic mass is 19.4. The van der Waals surface area contributed by atoms with Crippen molar-refractivity contribution in [3.05, 3.63) is 64.8 Å².